The minimum Gasteiger partial charge on any atom is -0.454 e. The molecule has 3 rings (SSSR count). The highest BCUT2D eigenvalue weighted by atomic mass is 32.2. The summed E-state index contributed by atoms with van der Waals surface area (Å²) in [6.45, 7) is 5.08. The summed E-state index contributed by atoms with van der Waals surface area (Å²) in [5.74, 6) is -1.00. The molecule has 38 heavy (non-hydrogen) atoms. The number of sulfonamides is 1. The normalized spacial score (nSPS) is 15.9. The van der Waals surface area contributed by atoms with Crippen LogP contribution in [0.15, 0.2) is 53.4 Å². The van der Waals surface area contributed by atoms with E-state index in [0.717, 1.165) is 11.8 Å². The molecule has 1 aliphatic rings. The number of amides is 1. The highest BCUT2D eigenvalue weighted by molar-refractivity contribution is 7.90. The number of aliphatic hydroxyl groups excluding tert-OH is 1. The van der Waals surface area contributed by atoms with Crippen LogP contribution >= 0.6 is 0 Å². The van der Waals surface area contributed by atoms with Gasteiger partial charge in [-0.3, -0.25) is 4.79 Å². The van der Waals surface area contributed by atoms with Gasteiger partial charge in [-0.25, -0.2) is 16.8 Å². The zero-order valence-corrected chi connectivity index (χ0v) is 23.7. The SMILES string of the molecule is CC(C)CN(CC(O)C(Cc1ccccc1)NC(=O)C(C)CS(C)(=O)=O)S(=O)(=O)c1ccc2c(c1)OCO2. The van der Waals surface area contributed by atoms with Gasteiger partial charge in [-0.05, 0) is 30.0 Å². The van der Waals surface area contributed by atoms with Crippen molar-refractivity contribution < 1.29 is 36.2 Å². The summed E-state index contributed by atoms with van der Waals surface area (Å²) in [5.41, 5.74) is 0.821. The monoisotopic (exact) mass is 568 g/mol. The van der Waals surface area contributed by atoms with Gasteiger partial charge in [0, 0.05) is 31.3 Å². The van der Waals surface area contributed by atoms with E-state index < -0.39 is 43.8 Å². The number of hydrogen-bond acceptors (Lipinski definition) is 8. The first-order valence-corrected chi connectivity index (χ1v) is 15.9. The van der Waals surface area contributed by atoms with Crippen LogP contribution in [0.1, 0.15) is 26.3 Å². The number of aliphatic hydroxyl groups is 1. The number of nitrogens with one attached hydrogen (secondary N) is 1. The van der Waals surface area contributed by atoms with Crippen molar-refractivity contribution >= 4 is 25.8 Å². The number of hydrogen-bond donors (Lipinski definition) is 2. The Hall–Kier alpha value is -2.67. The van der Waals surface area contributed by atoms with Crippen LogP contribution in [-0.4, -0.2) is 76.2 Å². The fourth-order valence-corrected chi connectivity index (χ4v) is 6.90. The molecule has 0 aromatic heterocycles. The van der Waals surface area contributed by atoms with Gasteiger partial charge in [0.15, 0.2) is 11.5 Å². The fourth-order valence-electron chi connectivity index (χ4n) is 4.21. The van der Waals surface area contributed by atoms with Crippen molar-refractivity contribution in [1.29, 1.82) is 0 Å². The smallest absolute Gasteiger partial charge is 0.243 e. The third-order valence-corrected chi connectivity index (χ3v) is 8.97. The van der Waals surface area contributed by atoms with Crippen LogP contribution in [0.4, 0.5) is 0 Å². The van der Waals surface area contributed by atoms with Gasteiger partial charge in [-0.2, -0.15) is 4.31 Å². The van der Waals surface area contributed by atoms with Crippen LogP contribution < -0.4 is 14.8 Å². The summed E-state index contributed by atoms with van der Waals surface area (Å²) < 4.78 is 62.5. The third-order valence-electron chi connectivity index (χ3n) is 6.03. The zero-order chi connectivity index (χ0) is 28.1. The van der Waals surface area contributed by atoms with E-state index in [0.29, 0.717) is 11.5 Å². The quantitative estimate of drug-likeness (QED) is 0.373. The lowest BCUT2D eigenvalue weighted by atomic mass is 10.00. The molecule has 0 saturated carbocycles. The van der Waals surface area contributed by atoms with Crippen LogP contribution in [0.3, 0.4) is 0 Å². The minimum atomic E-state index is -4.04. The highest BCUT2D eigenvalue weighted by Crippen LogP contribution is 2.34. The Morgan fingerprint density at radius 3 is 2.29 bits per heavy atom. The van der Waals surface area contributed by atoms with Gasteiger partial charge in [-0.1, -0.05) is 51.1 Å². The molecular formula is C26H36N2O8S2. The van der Waals surface area contributed by atoms with E-state index >= 15 is 0 Å². The average molecular weight is 569 g/mol. The Labute approximate surface area is 224 Å². The topological polar surface area (TPSA) is 139 Å². The Morgan fingerprint density at radius 1 is 1.00 bits per heavy atom. The average Bonchev–Trinajstić information content (AvgIpc) is 3.30. The summed E-state index contributed by atoms with van der Waals surface area (Å²) in [4.78, 5) is 12.9. The first-order chi connectivity index (χ1) is 17.8. The number of fused-ring (bicyclic) bond motifs is 1. The molecular weight excluding hydrogens is 532 g/mol. The molecule has 2 aromatic carbocycles. The summed E-state index contributed by atoms with van der Waals surface area (Å²) in [6, 6.07) is 12.6. The standard InChI is InChI=1S/C26H36N2O8S2/c1-18(2)14-28(38(33,34)21-10-11-24-25(13-21)36-17-35-24)15-23(29)22(12-20-8-6-5-7-9-20)27-26(30)19(3)16-37(4,31)32/h5-11,13,18-19,22-23,29H,12,14-17H2,1-4H3,(H,27,30). The molecule has 0 radical (unpaired) electrons. The van der Waals surface area contributed by atoms with Crippen molar-refractivity contribution in [3.63, 3.8) is 0 Å². The Bertz CT molecular complexity index is 1310. The number of sulfone groups is 1. The minimum absolute atomic E-state index is 0.0000181. The second kappa shape index (κ2) is 12.5. The van der Waals surface area contributed by atoms with Crippen LogP contribution in [0.5, 0.6) is 11.5 Å². The number of ether oxygens (including phenoxy) is 2. The number of benzene rings is 2. The molecule has 0 saturated heterocycles. The van der Waals surface area contributed by atoms with Crippen molar-refractivity contribution in [3.05, 3.63) is 54.1 Å². The molecule has 2 aromatic rings. The predicted octanol–water partition coefficient (Wildman–Crippen LogP) is 1.83. The van der Waals surface area contributed by atoms with Gasteiger partial charge in [0.25, 0.3) is 0 Å². The van der Waals surface area contributed by atoms with Crippen molar-refractivity contribution in [2.45, 2.75) is 44.2 Å². The first kappa shape index (κ1) is 29.9. The maximum Gasteiger partial charge on any atom is 0.243 e. The van der Waals surface area contributed by atoms with Crippen molar-refractivity contribution in [2.24, 2.45) is 11.8 Å². The first-order valence-electron chi connectivity index (χ1n) is 12.4. The van der Waals surface area contributed by atoms with Gasteiger partial charge >= 0.3 is 0 Å². The second-order valence-electron chi connectivity index (χ2n) is 10.1. The van der Waals surface area contributed by atoms with E-state index in [1.54, 1.807) is 0 Å². The van der Waals surface area contributed by atoms with Crippen LogP contribution in [-0.2, 0) is 31.1 Å². The van der Waals surface area contributed by atoms with E-state index in [1.807, 2.05) is 44.2 Å². The second-order valence-corrected chi connectivity index (χ2v) is 14.2. The van der Waals surface area contributed by atoms with Gasteiger partial charge in [0.1, 0.15) is 9.84 Å². The molecule has 210 valence electrons. The Balaban J connectivity index is 1.86. The van der Waals surface area contributed by atoms with E-state index in [2.05, 4.69) is 5.32 Å². The summed E-state index contributed by atoms with van der Waals surface area (Å²) in [6.07, 6.45) is -0.0105. The predicted molar refractivity (Wildman–Crippen MR) is 143 cm³/mol. The fraction of sp³-hybridized carbons (Fsp3) is 0.500. The largest absolute Gasteiger partial charge is 0.454 e. The number of rotatable bonds is 13. The third kappa shape index (κ3) is 8.16. The van der Waals surface area contributed by atoms with E-state index in [4.69, 9.17) is 9.47 Å². The van der Waals surface area contributed by atoms with Crippen molar-refractivity contribution in [1.82, 2.24) is 9.62 Å². The highest BCUT2D eigenvalue weighted by Gasteiger charge is 2.33. The van der Waals surface area contributed by atoms with E-state index in [9.17, 15) is 26.7 Å². The molecule has 0 spiro atoms. The lowest BCUT2D eigenvalue weighted by molar-refractivity contribution is -0.125. The molecule has 10 nitrogen and oxygen atoms in total. The molecule has 1 aliphatic heterocycles. The lowest BCUT2D eigenvalue weighted by Crippen LogP contribution is -2.52. The maximum absolute atomic E-state index is 13.6. The zero-order valence-electron chi connectivity index (χ0n) is 22.0. The van der Waals surface area contributed by atoms with E-state index in [1.165, 1.54) is 29.4 Å². The van der Waals surface area contributed by atoms with E-state index in [-0.39, 0.29) is 42.9 Å². The maximum atomic E-state index is 13.6. The molecule has 2 N–H and O–H groups in total. The molecule has 1 amide bonds. The van der Waals surface area contributed by atoms with Gasteiger partial charge in [-0.15, -0.1) is 0 Å². The number of carbonyl (C=O) groups excluding carboxylic acids is 1. The molecule has 1 heterocycles. The van der Waals surface area contributed by atoms with Gasteiger partial charge in [0.2, 0.25) is 22.7 Å². The number of nitrogens with zero attached hydrogens (tertiary/aromatic N) is 1. The Kier molecular flexibility index (Phi) is 9.80. The number of carbonyl (C=O) groups is 1. The molecule has 12 heteroatoms. The van der Waals surface area contributed by atoms with Crippen LogP contribution in [0.2, 0.25) is 0 Å². The van der Waals surface area contributed by atoms with Gasteiger partial charge < -0.3 is 19.9 Å². The molecule has 0 aliphatic carbocycles. The van der Waals surface area contributed by atoms with Crippen LogP contribution in [0, 0.1) is 11.8 Å². The summed E-state index contributed by atoms with van der Waals surface area (Å²) in [5, 5.41) is 14.1. The molecule has 3 atom stereocenters. The lowest BCUT2D eigenvalue weighted by Gasteiger charge is -2.31. The van der Waals surface area contributed by atoms with Gasteiger partial charge in [0.05, 0.1) is 22.8 Å². The summed E-state index contributed by atoms with van der Waals surface area (Å²) in [7, 11) is -7.44. The van der Waals surface area contributed by atoms with Crippen molar-refractivity contribution in [2.75, 3.05) is 31.9 Å². The molecule has 0 fully saturated rings. The Morgan fingerprint density at radius 2 is 1.66 bits per heavy atom. The molecule has 0 bridgehead atoms. The van der Waals surface area contributed by atoms with Crippen molar-refractivity contribution in [3.8, 4) is 11.5 Å². The molecule has 3 unspecified atom stereocenters. The van der Waals surface area contributed by atoms with Crippen LogP contribution in [0.25, 0.3) is 0 Å². The summed E-state index contributed by atoms with van der Waals surface area (Å²) >= 11 is 0.